The van der Waals surface area contributed by atoms with Gasteiger partial charge in [-0.05, 0) is 46.0 Å². The number of halogens is 2. The fourth-order valence-corrected chi connectivity index (χ4v) is 4.97. The predicted molar refractivity (Wildman–Crippen MR) is 102 cm³/mol. The summed E-state index contributed by atoms with van der Waals surface area (Å²) in [6.45, 7) is 6.44. The van der Waals surface area contributed by atoms with E-state index in [1.165, 1.54) is 4.68 Å². The number of alkyl halides is 2. The van der Waals surface area contributed by atoms with Gasteiger partial charge in [-0.25, -0.2) is 13.5 Å². The van der Waals surface area contributed by atoms with Crippen LogP contribution in [-0.2, 0) is 14.3 Å². The standard InChI is InChI=1S/C20H28F2N4O3/c1-11-7-16-23-14(9-15(18(21)22)26(16)24-11)12-5-4-6-25(10-12)19(28)13-8-17(27)29-20(13,2)3/h7,12-15,18,23H,4-6,8-10H2,1-3H3/t12-,13+,14+,15-/m1/s1. The number of nitrogens with one attached hydrogen (secondary N) is 1. The molecule has 3 aliphatic rings. The second kappa shape index (κ2) is 7.25. The molecule has 4 heterocycles. The van der Waals surface area contributed by atoms with Crippen molar-refractivity contribution in [3.8, 4) is 0 Å². The van der Waals surface area contributed by atoms with Gasteiger partial charge in [-0.1, -0.05) is 0 Å². The third kappa shape index (κ3) is 3.71. The van der Waals surface area contributed by atoms with Crippen molar-refractivity contribution < 1.29 is 23.1 Å². The highest BCUT2D eigenvalue weighted by atomic mass is 19.3. The minimum absolute atomic E-state index is 0.0686. The van der Waals surface area contributed by atoms with E-state index < -0.39 is 24.0 Å². The summed E-state index contributed by atoms with van der Waals surface area (Å²) < 4.78 is 34.1. The molecule has 9 heteroatoms. The van der Waals surface area contributed by atoms with E-state index in [2.05, 4.69) is 10.4 Å². The van der Waals surface area contributed by atoms with E-state index in [1.807, 2.05) is 0 Å². The van der Waals surface area contributed by atoms with Crippen molar-refractivity contribution in [1.82, 2.24) is 14.7 Å². The molecule has 1 aromatic rings. The van der Waals surface area contributed by atoms with E-state index in [9.17, 15) is 18.4 Å². The molecule has 1 amide bonds. The Balaban J connectivity index is 1.49. The molecule has 1 aromatic heterocycles. The lowest BCUT2D eigenvalue weighted by Gasteiger charge is -2.42. The van der Waals surface area contributed by atoms with E-state index in [4.69, 9.17) is 4.74 Å². The third-order valence-electron chi connectivity index (χ3n) is 6.52. The van der Waals surface area contributed by atoms with Gasteiger partial charge in [0.05, 0.1) is 18.0 Å². The first-order chi connectivity index (χ1) is 13.7. The first kappa shape index (κ1) is 20.1. The summed E-state index contributed by atoms with van der Waals surface area (Å²) in [6.07, 6.45) is -0.445. The van der Waals surface area contributed by atoms with E-state index in [1.54, 1.807) is 31.7 Å². The Morgan fingerprint density at radius 2 is 2.17 bits per heavy atom. The number of nitrogens with zero attached hydrogens (tertiary/aromatic N) is 3. The summed E-state index contributed by atoms with van der Waals surface area (Å²) in [5, 5.41) is 7.59. The molecule has 3 aliphatic heterocycles. The van der Waals surface area contributed by atoms with Gasteiger partial charge in [0, 0.05) is 25.2 Å². The third-order valence-corrected chi connectivity index (χ3v) is 6.52. The summed E-state index contributed by atoms with van der Waals surface area (Å²) in [4.78, 5) is 26.6. The molecule has 0 spiro atoms. The number of rotatable bonds is 3. The molecule has 4 rings (SSSR count). The minimum atomic E-state index is -2.50. The number of carbonyl (C=O) groups excluding carboxylic acids is 2. The molecule has 7 nitrogen and oxygen atoms in total. The Morgan fingerprint density at radius 3 is 2.83 bits per heavy atom. The summed E-state index contributed by atoms with van der Waals surface area (Å²) in [7, 11) is 0. The van der Waals surface area contributed by atoms with Gasteiger partial charge in [0.25, 0.3) is 6.43 Å². The van der Waals surface area contributed by atoms with Crippen molar-refractivity contribution in [2.24, 2.45) is 11.8 Å². The van der Waals surface area contributed by atoms with Gasteiger partial charge >= 0.3 is 5.97 Å². The number of likely N-dealkylation sites (tertiary alicyclic amines) is 1. The average molecular weight is 410 g/mol. The molecule has 0 unspecified atom stereocenters. The zero-order valence-electron chi connectivity index (χ0n) is 17.0. The van der Waals surface area contributed by atoms with Gasteiger partial charge in [-0.15, -0.1) is 0 Å². The zero-order chi connectivity index (χ0) is 20.9. The Bertz CT molecular complexity index is 810. The Kier molecular flexibility index (Phi) is 5.02. The maximum Gasteiger partial charge on any atom is 0.307 e. The lowest BCUT2D eigenvalue weighted by Crippen LogP contribution is -2.51. The van der Waals surface area contributed by atoms with E-state index in [0.29, 0.717) is 24.6 Å². The van der Waals surface area contributed by atoms with Crippen molar-refractivity contribution in [1.29, 1.82) is 0 Å². The van der Waals surface area contributed by atoms with Gasteiger partial charge in [-0.3, -0.25) is 9.59 Å². The molecular formula is C20H28F2N4O3. The van der Waals surface area contributed by atoms with Gasteiger partial charge in [-0.2, -0.15) is 5.10 Å². The van der Waals surface area contributed by atoms with Crippen LogP contribution in [0.5, 0.6) is 0 Å². The van der Waals surface area contributed by atoms with Crippen LogP contribution in [0.15, 0.2) is 6.07 Å². The normalized spacial score (nSPS) is 31.4. The monoisotopic (exact) mass is 410 g/mol. The predicted octanol–water partition coefficient (Wildman–Crippen LogP) is 2.76. The average Bonchev–Trinajstić information content (AvgIpc) is 3.16. The van der Waals surface area contributed by atoms with Crippen LogP contribution < -0.4 is 5.32 Å². The molecule has 4 atom stereocenters. The summed E-state index contributed by atoms with van der Waals surface area (Å²) in [6, 6.07) is 0.676. The largest absolute Gasteiger partial charge is 0.459 e. The number of fused-ring (bicyclic) bond motifs is 1. The SMILES string of the molecule is Cc1cc2n(n1)[C@@H](C(F)F)C[C@@H]([C@@H]1CCCN(C(=O)[C@@H]3CC(=O)OC3(C)C)C1)N2. The highest BCUT2D eigenvalue weighted by molar-refractivity contribution is 5.87. The summed E-state index contributed by atoms with van der Waals surface area (Å²) in [5.41, 5.74) is -0.109. The molecule has 2 saturated heterocycles. The number of hydrogen-bond acceptors (Lipinski definition) is 5. The Morgan fingerprint density at radius 1 is 1.41 bits per heavy atom. The minimum Gasteiger partial charge on any atom is -0.459 e. The first-order valence-corrected chi connectivity index (χ1v) is 10.3. The summed E-state index contributed by atoms with van der Waals surface area (Å²) in [5.74, 6) is -0.236. The van der Waals surface area contributed by atoms with Crippen molar-refractivity contribution in [3.63, 3.8) is 0 Å². The van der Waals surface area contributed by atoms with Crippen LogP contribution in [0.4, 0.5) is 14.6 Å². The van der Waals surface area contributed by atoms with Crippen LogP contribution >= 0.6 is 0 Å². The second-order valence-corrected chi connectivity index (χ2v) is 9.02. The summed E-state index contributed by atoms with van der Waals surface area (Å²) >= 11 is 0. The maximum absolute atomic E-state index is 13.7. The highest BCUT2D eigenvalue weighted by Crippen LogP contribution is 2.38. The topological polar surface area (TPSA) is 76.5 Å². The molecule has 0 bridgehead atoms. The van der Waals surface area contributed by atoms with Gasteiger partial charge < -0.3 is 15.0 Å². The number of aryl methyl sites for hydroxylation is 1. The zero-order valence-corrected chi connectivity index (χ0v) is 17.0. The first-order valence-electron chi connectivity index (χ1n) is 10.3. The van der Waals surface area contributed by atoms with Crippen LogP contribution in [0.3, 0.4) is 0 Å². The van der Waals surface area contributed by atoms with Gasteiger partial charge in [0.2, 0.25) is 5.91 Å². The maximum atomic E-state index is 13.7. The Labute approximate surface area is 168 Å². The smallest absolute Gasteiger partial charge is 0.307 e. The molecule has 1 N–H and O–H groups in total. The number of carbonyl (C=O) groups is 2. The molecule has 160 valence electrons. The quantitative estimate of drug-likeness (QED) is 0.776. The number of hydrogen-bond donors (Lipinski definition) is 1. The van der Waals surface area contributed by atoms with Crippen LogP contribution in [0.2, 0.25) is 0 Å². The number of esters is 1. The number of amides is 1. The molecule has 0 radical (unpaired) electrons. The second-order valence-electron chi connectivity index (χ2n) is 9.02. The Hall–Kier alpha value is -2.19. The van der Waals surface area contributed by atoms with Crippen molar-refractivity contribution >= 4 is 17.7 Å². The lowest BCUT2D eigenvalue weighted by atomic mass is 9.84. The number of ether oxygens (including phenoxy) is 1. The van der Waals surface area contributed by atoms with Gasteiger partial charge in [0.1, 0.15) is 17.5 Å². The molecule has 0 saturated carbocycles. The fourth-order valence-electron chi connectivity index (χ4n) is 4.97. The molecule has 0 aromatic carbocycles. The number of piperidine rings is 1. The van der Waals surface area contributed by atoms with E-state index >= 15 is 0 Å². The van der Waals surface area contributed by atoms with Crippen molar-refractivity contribution in [2.75, 3.05) is 18.4 Å². The van der Waals surface area contributed by atoms with Crippen LogP contribution in [0.25, 0.3) is 0 Å². The van der Waals surface area contributed by atoms with Crippen LogP contribution in [0.1, 0.15) is 51.3 Å². The number of cyclic esters (lactones) is 1. The van der Waals surface area contributed by atoms with Crippen LogP contribution in [-0.4, -0.2) is 57.7 Å². The highest BCUT2D eigenvalue weighted by Gasteiger charge is 2.48. The molecule has 29 heavy (non-hydrogen) atoms. The van der Waals surface area contributed by atoms with E-state index in [-0.39, 0.29) is 36.7 Å². The van der Waals surface area contributed by atoms with Crippen molar-refractivity contribution in [2.45, 2.75) is 70.6 Å². The van der Waals surface area contributed by atoms with Gasteiger partial charge in [0.15, 0.2) is 0 Å². The van der Waals surface area contributed by atoms with Crippen LogP contribution in [0, 0.1) is 18.8 Å². The van der Waals surface area contributed by atoms with Crippen molar-refractivity contribution in [3.05, 3.63) is 11.8 Å². The van der Waals surface area contributed by atoms with E-state index in [0.717, 1.165) is 12.8 Å². The molecule has 0 aliphatic carbocycles. The number of aromatic nitrogens is 2. The number of anilines is 1. The molecule has 2 fully saturated rings. The lowest BCUT2D eigenvalue weighted by molar-refractivity contribution is -0.149. The molecular weight excluding hydrogens is 382 g/mol. The fraction of sp³-hybridized carbons (Fsp3) is 0.750.